The van der Waals surface area contributed by atoms with E-state index in [-0.39, 0.29) is 18.5 Å². The minimum atomic E-state index is -0.216. The van der Waals surface area contributed by atoms with E-state index in [1.165, 1.54) is 23.6 Å². The number of tetrazole rings is 1. The van der Waals surface area contributed by atoms with Crippen LogP contribution in [-0.2, 0) is 4.79 Å². The van der Waals surface area contributed by atoms with Gasteiger partial charge in [-0.05, 0) is 40.8 Å². The Morgan fingerprint density at radius 2 is 2.14 bits per heavy atom. The molecule has 0 fully saturated rings. The molecule has 144 valence electrons. The summed E-state index contributed by atoms with van der Waals surface area (Å²) >= 11 is 7.28. The number of carbonyl (C=O) groups excluding carboxylic acids is 1. The summed E-state index contributed by atoms with van der Waals surface area (Å²) in [5.41, 5.74) is 1.28. The van der Waals surface area contributed by atoms with Gasteiger partial charge in [-0.3, -0.25) is 4.79 Å². The Morgan fingerprint density at radius 3 is 2.96 bits per heavy atom. The van der Waals surface area contributed by atoms with Gasteiger partial charge in [0, 0.05) is 11.8 Å². The number of fused-ring (bicyclic) bond motifs is 1. The maximum atomic E-state index is 12.3. The third-order valence-corrected chi connectivity index (χ3v) is 5.02. The van der Waals surface area contributed by atoms with Gasteiger partial charge in [-0.15, -0.1) is 5.10 Å². The topological polar surface area (TPSA) is 100 Å². The zero-order valence-electron chi connectivity index (χ0n) is 14.6. The van der Waals surface area contributed by atoms with Crippen molar-refractivity contribution >= 4 is 35.0 Å². The van der Waals surface area contributed by atoms with Gasteiger partial charge in [0.05, 0.1) is 23.6 Å². The van der Waals surface area contributed by atoms with E-state index in [0.29, 0.717) is 38.8 Å². The first-order valence-corrected chi connectivity index (χ1v) is 9.45. The van der Waals surface area contributed by atoms with Gasteiger partial charge in [0.2, 0.25) is 17.9 Å². The number of carbonyl (C=O) groups is 1. The standard InChI is InChI=1S/C17H14ClN5O4S/c1-25-13-4-2-10(6-12(13)18)19-16(24)8-28-17-20-21-22-23(17)11-3-5-14-15(7-11)27-9-26-14/h2-7H,8-9H2,1H3,(H,19,24). The number of benzene rings is 2. The molecule has 0 unspecified atom stereocenters. The average Bonchev–Trinajstić information content (AvgIpc) is 3.35. The second kappa shape index (κ2) is 7.95. The second-order valence-electron chi connectivity index (χ2n) is 5.60. The largest absolute Gasteiger partial charge is 0.495 e. The molecule has 0 atom stereocenters. The van der Waals surface area contributed by atoms with Crippen LogP contribution in [0.2, 0.25) is 5.02 Å². The van der Waals surface area contributed by atoms with E-state index in [4.69, 9.17) is 25.8 Å². The minimum Gasteiger partial charge on any atom is -0.495 e. The number of anilines is 1. The number of nitrogens with one attached hydrogen (secondary N) is 1. The maximum absolute atomic E-state index is 12.3. The third kappa shape index (κ3) is 3.82. The van der Waals surface area contributed by atoms with Crippen molar-refractivity contribution in [3.8, 4) is 22.9 Å². The van der Waals surface area contributed by atoms with E-state index < -0.39 is 0 Å². The number of halogens is 1. The summed E-state index contributed by atoms with van der Waals surface area (Å²) in [5, 5.41) is 15.3. The molecule has 11 heteroatoms. The van der Waals surface area contributed by atoms with Crippen LogP contribution >= 0.6 is 23.4 Å². The number of amides is 1. The highest BCUT2D eigenvalue weighted by molar-refractivity contribution is 7.99. The molecule has 9 nitrogen and oxygen atoms in total. The van der Waals surface area contributed by atoms with Gasteiger partial charge in [-0.25, -0.2) is 0 Å². The van der Waals surface area contributed by atoms with Gasteiger partial charge in [-0.2, -0.15) is 4.68 Å². The summed E-state index contributed by atoms with van der Waals surface area (Å²) in [6.45, 7) is 0.186. The molecule has 28 heavy (non-hydrogen) atoms. The van der Waals surface area contributed by atoms with Gasteiger partial charge >= 0.3 is 0 Å². The molecular weight excluding hydrogens is 406 g/mol. The Morgan fingerprint density at radius 1 is 1.29 bits per heavy atom. The van der Waals surface area contributed by atoms with E-state index >= 15 is 0 Å². The van der Waals surface area contributed by atoms with Gasteiger partial charge in [-0.1, -0.05) is 23.4 Å². The lowest BCUT2D eigenvalue weighted by atomic mass is 10.3. The molecule has 0 saturated carbocycles. The Balaban J connectivity index is 1.41. The number of aromatic nitrogens is 4. The lowest BCUT2D eigenvalue weighted by Gasteiger charge is -2.08. The molecule has 1 aliphatic heterocycles. The van der Waals surface area contributed by atoms with Crippen LogP contribution in [0, 0.1) is 0 Å². The van der Waals surface area contributed by atoms with Crippen LogP contribution in [0.4, 0.5) is 5.69 Å². The van der Waals surface area contributed by atoms with Gasteiger partial charge in [0.25, 0.3) is 0 Å². The SMILES string of the molecule is COc1ccc(NC(=O)CSc2nnnn2-c2ccc3c(c2)OCO3)cc1Cl. The molecule has 0 bridgehead atoms. The molecule has 0 aliphatic carbocycles. The number of methoxy groups -OCH3 is 1. The molecule has 0 radical (unpaired) electrons. The Bertz CT molecular complexity index is 1030. The summed E-state index contributed by atoms with van der Waals surface area (Å²) < 4.78 is 17.3. The second-order valence-corrected chi connectivity index (χ2v) is 6.95. The van der Waals surface area contributed by atoms with Crippen molar-refractivity contribution in [2.45, 2.75) is 5.16 Å². The van der Waals surface area contributed by atoms with Crippen molar-refractivity contribution in [1.82, 2.24) is 20.2 Å². The highest BCUT2D eigenvalue weighted by atomic mass is 35.5. The fourth-order valence-electron chi connectivity index (χ4n) is 2.52. The summed E-state index contributed by atoms with van der Waals surface area (Å²) in [6.07, 6.45) is 0. The monoisotopic (exact) mass is 419 g/mol. The van der Waals surface area contributed by atoms with E-state index in [1.54, 1.807) is 30.3 Å². The van der Waals surface area contributed by atoms with Crippen molar-refractivity contribution in [3.63, 3.8) is 0 Å². The first kappa shape index (κ1) is 18.4. The number of hydrogen-bond acceptors (Lipinski definition) is 8. The van der Waals surface area contributed by atoms with Crippen LogP contribution in [0.15, 0.2) is 41.6 Å². The molecule has 0 saturated heterocycles. The molecule has 1 N–H and O–H groups in total. The molecule has 3 aromatic rings. The van der Waals surface area contributed by atoms with E-state index in [9.17, 15) is 4.79 Å². The predicted molar refractivity (Wildman–Crippen MR) is 103 cm³/mol. The summed E-state index contributed by atoms with van der Waals surface area (Å²) in [4.78, 5) is 12.3. The van der Waals surface area contributed by atoms with Crippen molar-refractivity contribution < 1.29 is 19.0 Å². The molecule has 0 spiro atoms. The van der Waals surface area contributed by atoms with E-state index in [2.05, 4.69) is 20.8 Å². The quantitative estimate of drug-likeness (QED) is 0.609. The fourth-order valence-corrected chi connectivity index (χ4v) is 3.47. The molecular formula is C17H14ClN5O4S. The summed E-state index contributed by atoms with van der Waals surface area (Å²) in [6, 6.07) is 10.4. The zero-order chi connectivity index (χ0) is 19.5. The number of thioether (sulfide) groups is 1. The Hall–Kier alpha value is -2.98. The molecule has 2 aromatic carbocycles. The van der Waals surface area contributed by atoms with Crippen molar-refractivity contribution in [1.29, 1.82) is 0 Å². The minimum absolute atomic E-state index is 0.120. The van der Waals surface area contributed by atoms with E-state index in [1.807, 2.05) is 6.07 Å². The normalized spacial score (nSPS) is 12.1. The first-order valence-electron chi connectivity index (χ1n) is 8.08. The van der Waals surface area contributed by atoms with E-state index in [0.717, 1.165) is 0 Å². The average molecular weight is 420 g/mol. The molecule has 2 heterocycles. The summed E-state index contributed by atoms with van der Waals surface area (Å²) in [7, 11) is 1.53. The van der Waals surface area contributed by atoms with Crippen molar-refractivity contribution in [2.75, 3.05) is 25.0 Å². The van der Waals surface area contributed by atoms with Crippen LogP contribution in [0.25, 0.3) is 5.69 Å². The Kier molecular flexibility index (Phi) is 5.22. The van der Waals surface area contributed by atoms with Crippen molar-refractivity contribution in [2.24, 2.45) is 0 Å². The molecule has 1 amide bonds. The number of hydrogen-bond donors (Lipinski definition) is 1. The predicted octanol–water partition coefficient (Wildman–Crippen LogP) is 2.78. The lowest BCUT2D eigenvalue weighted by Crippen LogP contribution is -2.14. The molecule has 4 rings (SSSR count). The number of rotatable bonds is 6. The number of ether oxygens (including phenoxy) is 3. The highest BCUT2D eigenvalue weighted by Crippen LogP contribution is 2.34. The molecule has 1 aromatic heterocycles. The van der Waals surface area contributed by atoms with Gasteiger partial charge < -0.3 is 19.5 Å². The summed E-state index contributed by atoms with van der Waals surface area (Å²) in [5.74, 6) is 1.74. The maximum Gasteiger partial charge on any atom is 0.234 e. The van der Waals surface area contributed by atoms with Crippen LogP contribution in [0.3, 0.4) is 0 Å². The lowest BCUT2D eigenvalue weighted by molar-refractivity contribution is -0.113. The number of nitrogens with zero attached hydrogens (tertiary/aromatic N) is 4. The Labute approximate surface area is 168 Å². The first-order chi connectivity index (χ1) is 13.6. The van der Waals surface area contributed by atoms with Crippen molar-refractivity contribution in [3.05, 3.63) is 41.4 Å². The van der Waals surface area contributed by atoms with Crippen LogP contribution in [0.5, 0.6) is 17.2 Å². The van der Waals surface area contributed by atoms with Crippen LogP contribution < -0.4 is 19.5 Å². The smallest absolute Gasteiger partial charge is 0.234 e. The highest BCUT2D eigenvalue weighted by Gasteiger charge is 2.17. The van der Waals surface area contributed by atoms with Gasteiger partial charge in [0.15, 0.2) is 11.5 Å². The molecule has 1 aliphatic rings. The fraction of sp³-hybridized carbons (Fsp3) is 0.176. The van der Waals surface area contributed by atoms with Gasteiger partial charge in [0.1, 0.15) is 5.75 Å². The zero-order valence-corrected chi connectivity index (χ0v) is 16.2. The third-order valence-electron chi connectivity index (χ3n) is 3.81. The van der Waals surface area contributed by atoms with Crippen LogP contribution in [0.1, 0.15) is 0 Å². The van der Waals surface area contributed by atoms with Crippen LogP contribution in [-0.4, -0.2) is 45.8 Å².